The van der Waals surface area contributed by atoms with Crippen molar-refractivity contribution in [2.45, 2.75) is 86.0 Å². The number of ketones is 2. The fourth-order valence-corrected chi connectivity index (χ4v) is 1.48. The van der Waals surface area contributed by atoms with Gasteiger partial charge in [0.15, 0.2) is 0 Å². The molecule has 0 aromatic heterocycles. The third-order valence-corrected chi connectivity index (χ3v) is 2.80. The van der Waals surface area contributed by atoms with E-state index in [-0.39, 0.29) is 37.8 Å². The van der Waals surface area contributed by atoms with Crippen molar-refractivity contribution in [1.82, 2.24) is 0 Å². The van der Waals surface area contributed by atoms with Gasteiger partial charge >= 0.3 is 32.2 Å². The Labute approximate surface area is 167 Å². The quantitative estimate of drug-likeness (QED) is 0.327. The van der Waals surface area contributed by atoms with Gasteiger partial charge in [0.2, 0.25) is 5.78 Å². The topological polar surface area (TPSA) is 61.8 Å². The maximum Gasteiger partial charge on any atom is 4.00 e. The third-order valence-electron chi connectivity index (χ3n) is 2.80. The molecule has 0 N–H and O–H groups in total. The summed E-state index contributed by atoms with van der Waals surface area (Å²) in [6, 6.07) is 0. The molecule has 0 aliphatic carbocycles. The Hall–Kier alpha value is 0.103. The molecule has 5 nitrogen and oxygen atoms in total. The predicted octanol–water partition coefficient (Wildman–Crippen LogP) is 4.27. The maximum atomic E-state index is 11.9. The number of unbranched alkanes of at least 4 members (excludes halogenated alkanes) is 3. The van der Waals surface area contributed by atoms with Gasteiger partial charge in [0, 0.05) is 6.92 Å². The molecule has 0 saturated carbocycles. The molecule has 0 saturated heterocycles. The molecule has 0 radical (unpaired) electrons. The van der Waals surface area contributed by atoms with Crippen molar-refractivity contribution in [3.8, 4) is 0 Å². The first kappa shape index (κ1) is 28.9. The Morgan fingerprint density at radius 3 is 1.12 bits per heavy atom. The minimum Gasteiger partial charge on any atom is -0.321 e. The number of ether oxygens (including phenoxy) is 3. The zero-order valence-corrected chi connectivity index (χ0v) is 18.9. The molecule has 6 heteroatoms. The van der Waals surface area contributed by atoms with Crippen LogP contribution in [0.25, 0.3) is 0 Å². The minimum atomic E-state index is -1.49. The molecule has 0 amide bonds. The van der Waals surface area contributed by atoms with Crippen molar-refractivity contribution in [2.75, 3.05) is 19.8 Å². The summed E-state index contributed by atoms with van der Waals surface area (Å²) in [5, 5.41) is 0. The van der Waals surface area contributed by atoms with Gasteiger partial charge in [-0.05, 0) is 33.1 Å². The molecule has 0 fully saturated rings. The number of hydrogen-bond acceptors (Lipinski definition) is 5. The van der Waals surface area contributed by atoms with E-state index in [9.17, 15) is 9.59 Å². The number of carbonyl (C=O) groups excluding carboxylic acids is 2. The van der Waals surface area contributed by atoms with Crippen molar-refractivity contribution in [1.29, 1.82) is 0 Å². The molecular weight excluding hydrogens is 387 g/mol. The second kappa shape index (κ2) is 19.4. The van der Waals surface area contributed by atoms with Gasteiger partial charge in [-0.3, -0.25) is 4.79 Å². The number of rotatable bonds is 13. The van der Waals surface area contributed by atoms with Crippen LogP contribution in [0.1, 0.15) is 80.1 Å². The normalized spacial score (nSPS) is 10.4. The third kappa shape index (κ3) is 16.9. The first-order chi connectivity index (χ1) is 10.9. The molecule has 138 valence electrons. The monoisotopic (exact) mass is 422 g/mol. The van der Waals surface area contributed by atoms with Crippen molar-refractivity contribution in [2.24, 2.45) is 0 Å². The predicted molar refractivity (Wildman–Crippen MR) is 92.3 cm³/mol. The summed E-state index contributed by atoms with van der Waals surface area (Å²) in [5.41, 5.74) is 0. The molecule has 0 aliphatic heterocycles. The van der Waals surface area contributed by atoms with Crippen LogP contribution in [0, 0.1) is 0 Å². The summed E-state index contributed by atoms with van der Waals surface area (Å²) >= 11 is 0. The van der Waals surface area contributed by atoms with E-state index in [0.717, 1.165) is 38.5 Å². The van der Waals surface area contributed by atoms with E-state index < -0.39 is 5.97 Å². The average Bonchev–Trinajstić information content (AvgIpc) is 2.46. The van der Waals surface area contributed by atoms with Crippen molar-refractivity contribution < 1.29 is 50.0 Å². The average molecular weight is 424 g/mol. The molecule has 0 spiro atoms. The first-order valence-corrected chi connectivity index (χ1v) is 8.76. The first-order valence-electron chi connectivity index (χ1n) is 8.76. The summed E-state index contributed by atoms with van der Waals surface area (Å²) in [4.78, 5) is 21.3. The van der Waals surface area contributed by atoms with Gasteiger partial charge in [-0.1, -0.05) is 40.0 Å². The molecule has 0 rings (SSSR count). The second-order valence-corrected chi connectivity index (χ2v) is 5.63. The fourth-order valence-electron chi connectivity index (χ4n) is 1.48. The van der Waals surface area contributed by atoms with Gasteiger partial charge in [-0.25, -0.2) is 0 Å². The van der Waals surface area contributed by atoms with Crippen LogP contribution < -0.4 is 0 Å². The van der Waals surface area contributed by atoms with Crippen LogP contribution in [0.15, 0.2) is 0 Å². The Balaban J connectivity index is -0.000000787. The molecule has 0 unspecified atom stereocenters. The zero-order chi connectivity index (χ0) is 18.1. The van der Waals surface area contributed by atoms with Crippen LogP contribution in [0.5, 0.6) is 0 Å². The van der Waals surface area contributed by atoms with E-state index in [2.05, 4.69) is 20.8 Å². The van der Waals surface area contributed by atoms with Crippen molar-refractivity contribution in [3.05, 3.63) is 0 Å². The molecule has 24 heavy (non-hydrogen) atoms. The molecule has 0 aromatic rings. The molecular formula is C18H36O5Zr+4. The van der Waals surface area contributed by atoms with Gasteiger partial charge in [0.05, 0.1) is 19.8 Å². The number of Topliss-reactive ketones (excluding diaryl/α,β-unsaturated/α-hetero) is 2. The molecule has 0 atom stereocenters. The van der Waals surface area contributed by atoms with E-state index >= 15 is 0 Å². The smallest absolute Gasteiger partial charge is 0.321 e. The van der Waals surface area contributed by atoms with Gasteiger partial charge in [-0.15, -0.1) is 0 Å². The van der Waals surface area contributed by atoms with Gasteiger partial charge in [0.25, 0.3) is 0 Å². The Bertz CT molecular complexity index is 277. The second-order valence-electron chi connectivity index (χ2n) is 5.63. The Morgan fingerprint density at radius 1 is 0.708 bits per heavy atom. The van der Waals surface area contributed by atoms with E-state index in [1.807, 2.05) is 0 Å². The minimum absolute atomic E-state index is 0. The molecule has 0 aliphatic rings. The summed E-state index contributed by atoms with van der Waals surface area (Å²) < 4.78 is 16.9. The van der Waals surface area contributed by atoms with E-state index in [1.165, 1.54) is 20.8 Å². The standard InChI is InChI=1S/C15H30O4.C3H6O.Zr/c1-5-8-11-17-15(14(4)16,18-12-9-6-2)19-13-10-7-3;1-3(2)4;/h5-13H2,1-4H3;1-2H3;/q;;+4. The summed E-state index contributed by atoms with van der Waals surface area (Å²) in [6.45, 7) is 12.2. The van der Waals surface area contributed by atoms with Gasteiger partial charge < -0.3 is 19.0 Å². The Morgan fingerprint density at radius 2 is 0.958 bits per heavy atom. The maximum absolute atomic E-state index is 11.9. The van der Waals surface area contributed by atoms with Crippen LogP contribution in [-0.2, 0) is 50.0 Å². The molecule has 0 aromatic carbocycles. The van der Waals surface area contributed by atoms with Gasteiger partial charge in [-0.2, -0.15) is 0 Å². The Kier molecular flexibility index (Phi) is 23.4. The van der Waals surface area contributed by atoms with Crippen molar-refractivity contribution in [3.63, 3.8) is 0 Å². The van der Waals surface area contributed by atoms with E-state index in [4.69, 9.17) is 14.2 Å². The molecule has 0 bridgehead atoms. The number of carbonyl (C=O) groups is 2. The van der Waals surface area contributed by atoms with E-state index in [0.29, 0.717) is 19.8 Å². The van der Waals surface area contributed by atoms with Crippen LogP contribution >= 0.6 is 0 Å². The molecule has 0 heterocycles. The van der Waals surface area contributed by atoms with Crippen LogP contribution in [0.4, 0.5) is 0 Å². The number of hydrogen-bond donors (Lipinski definition) is 0. The van der Waals surface area contributed by atoms with Crippen LogP contribution in [-0.4, -0.2) is 37.4 Å². The zero-order valence-electron chi connectivity index (χ0n) is 16.4. The summed E-state index contributed by atoms with van der Waals surface area (Å²) in [5.74, 6) is -1.53. The summed E-state index contributed by atoms with van der Waals surface area (Å²) in [7, 11) is 0. The fraction of sp³-hybridized carbons (Fsp3) is 0.889. The van der Waals surface area contributed by atoms with E-state index in [1.54, 1.807) is 0 Å². The van der Waals surface area contributed by atoms with Gasteiger partial charge in [0.1, 0.15) is 5.78 Å². The van der Waals surface area contributed by atoms with Crippen LogP contribution in [0.2, 0.25) is 0 Å². The summed E-state index contributed by atoms with van der Waals surface area (Å²) in [6.07, 6.45) is 5.71. The SMILES string of the molecule is CC(C)=O.CCCCOC(OCCCC)(OCCCC)C(C)=O.[Zr+4]. The largest absolute Gasteiger partial charge is 4.00 e. The van der Waals surface area contributed by atoms with Crippen molar-refractivity contribution >= 4 is 11.6 Å². The van der Waals surface area contributed by atoms with Crippen LogP contribution in [0.3, 0.4) is 0 Å².